The fraction of sp³-hybridized carbons (Fsp3) is 0.316. The van der Waals surface area contributed by atoms with Crippen LogP contribution in [0.4, 0.5) is 10.1 Å². The molecule has 2 aromatic rings. The van der Waals surface area contributed by atoms with Crippen molar-refractivity contribution in [3.05, 3.63) is 59.4 Å². The SMILES string of the molecule is Cc1cc(F)cc2c1N(C(=O)CN(C)S(=O)(=O)c1ccccc1)CCC2. The molecule has 0 spiro atoms. The van der Waals surface area contributed by atoms with Crippen molar-refractivity contribution >= 4 is 21.6 Å². The van der Waals surface area contributed by atoms with Gasteiger partial charge in [0.25, 0.3) is 0 Å². The smallest absolute Gasteiger partial charge is 0.243 e. The third kappa shape index (κ3) is 3.50. The van der Waals surface area contributed by atoms with Crippen LogP contribution in [-0.4, -0.2) is 38.8 Å². The van der Waals surface area contributed by atoms with Crippen LogP contribution in [0, 0.1) is 12.7 Å². The Balaban J connectivity index is 1.84. The molecule has 0 atom stereocenters. The molecule has 0 radical (unpaired) electrons. The first-order chi connectivity index (χ1) is 12.3. The quantitative estimate of drug-likeness (QED) is 0.824. The first-order valence-electron chi connectivity index (χ1n) is 8.41. The van der Waals surface area contributed by atoms with Gasteiger partial charge < -0.3 is 4.90 Å². The molecule has 0 aliphatic carbocycles. The summed E-state index contributed by atoms with van der Waals surface area (Å²) in [4.78, 5) is 14.5. The van der Waals surface area contributed by atoms with Crippen molar-refractivity contribution in [2.45, 2.75) is 24.7 Å². The van der Waals surface area contributed by atoms with Gasteiger partial charge in [-0.05, 0) is 55.2 Å². The molecule has 1 heterocycles. The number of nitrogens with zero attached hydrogens (tertiary/aromatic N) is 2. The summed E-state index contributed by atoms with van der Waals surface area (Å²) in [6, 6.07) is 10.9. The van der Waals surface area contributed by atoms with E-state index in [9.17, 15) is 17.6 Å². The van der Waals surface area contributed by atoms with Crippen LogP contribution in [0.5, 0.6) is 0 Å². The van der Waals surface area contributed by atoms with Crippen LogP contribution in [0.3, 0.4) is 0 Å². The minimum absolute atomic E-state index is 0.146. The highest BCUT2D eigenvalue weighted by Gasteiger charge is 2.29. The lowest BCUT2D eigenvalue weighted by Crippen LogP contribution is -2.43. The molecule has 138 valence electrons. The second kappa shape index (κ2) is 7.17. The van der Waals surface area contributed by atoms with Gasteiger partial charge in [0.15, 0.2) is 0 Å². The van der Waals surface area contributed by atoms with Crippen LogP contribution in [-0.2, 0) is 21.2 Å². The number of amides is 1. The van der Waals surface area contributed by atoms with Crippen molar-refractivity contribution in [2.24, 2.45) is 0 Å². The molecule has 5 nitrogen and oxygen atoms in total. The summed E-state index contributed by atoms with van der Waals surface area (Å²) in [5.41, 5.74) is 2.17. The fourth-order valence-electron chi connectivity index (χ4n) is 3.30. The van der Waals surface area contributed by atoms with Gasteiger partial charge in [-0.15, -0.1) is 0 Å². The lowest BCUT2D eigenvalue weighted by molar-refractivity contribution is -0.118. The maximum absolute atomic E-state index is 13.6. The standard InChI is InChI=1S/C19H21FN2O3S/c1-14-11-16(20)12-15-7-6-10-22(19(14)15)18(23)13-21(2)26(24,25)17-8-4-3-5-9-17/h3-5,8-9,11-12H,6-7,10,13H2,1-2H3. The van der Waals surface area contributed by atoms with Gasteiger partial charge in [-0.3, -0.25) is 4.79 Å². The highest BCUT2D eigenvalue weighted by atomic mass is 32.2. The topological polar surface area (TPSA) is 57.7 Å². The van der Waals surface area contributed by atoms with Gasteiger partial charge in [0.2, 0.25) is 15.9 Å². The number of hydrogen-bond donors (Lipinski definition) is 0. The molecule has 1 aliphatic heterocycles. The van der Waals surface area contributed by atoms with Crippen molar-refractivity contribution in [1.29, 1.82) is 0 Å². The zero-order chi connectivity index (χ0) is 18.9. The van der Waals surface area contributed by atoms with Crippen LogP contribution >= 0.6 is 0 Å². The number of carbonyl (C=O) groups excluding carboxylic acids is 1. The molecule has 1 amide bonds. The lowest BCUT2D eigenvalue weighted by atomic mass is 9.98. The zero-order valence-electron chi connectivity index (χ0n) is 14.8. The molecular formula is C19H21FN2O3S. The number of halogens is 1. The third-order valence-electron chi connectivity index (χ3n) is 4.55. The van der Waals surface area contributed by atoms with E-state index in [1.165, 1.54) is 31.3 Å². The van der Waals surface area contributed by atoms with Crippen molar-refractivity contribution in [3.63, 3.8) is 0 Å². The lowest BCUT2D eigenvalue weighted by Gasteiger charge is -2.32. The van der Waals surface area contributed by atoms with Crippen molar-refractivity contribution in [2.75, 3.05) is 25.0 Å². The van der Waals surface area contributed by atoms with E-state index in [-0.39, 0.29) is 23.2 Å². The first-order valence-corrected chi connectivity index (χ1v) is 9.85. The monoisotopic (exact) mass is 376 g/mol. The van der Waals surface area contributed by atoms with Crippen molar-refractivity contribution in [1.82, 2.24) is 4.31 Å². The van der Waals surface area contributed by atoms with Gasteiger partial charge in [0.05, 0.1) is 11.4 Å². The maximum atomic E-state index is 13.6. The number of aryl methyl sites for hydroxylation is 2. The van der Waals surface area contributed by atoms with E-state index in [0.29, 0.717) is 24.2 Å². The fourth-order valence-corrected chi connectivity index (χ4v) is 4.45. The predicted molar refractivity (Wildman–Crippen MR) is 98.1 cm³/mol. The summed E-state index contributed by atoms with van der Waals surface area (Å²) in [6.45, 7) is 1.99. The molecule has 0 bridgehead atoms. The zero-order valence-corrected chi connectivity index (χ0v) is 15.6. The molecule has 0 fully saturated rings. The van der Waals surface area contributed by atoms with E-state index in [0.717, 1.165) is 16.3 Å². The molecule has 0 saturated heterocycles. The molecule has 0 N–H and O–H groups in total. The van der Waals surface area contributed by atoms with Crippen molar-refractivity contribution < 1.29 is 17.6 Å². The normalized spacial score (nSPS) is 14.4. The molecule has 2 aromatic carbocycles. The average Bonchev–Trinajstić information content (AvgIpc) is 2.61. The Labute approximate surface area is 153 Å². The van der Waals surface area contributed by atoms with Gasteiger partial charge in [0.1, 0.15) is 5.82 Å². The molecular weight excluding hydrogens is 355 g/mol. The molecule has 3 rings (SSSR count). The Hall–Kier alpha value is -2.25. The Bertz CT molecular complexity index is 929. The van der Waals surface area contributed by atoms with E-state index in [1.807, 2.05) is 0 Å². The minimum Gasteiger partial charge on any atom is -0.311 e. The van der Waals surface area contributed by atoms with E-state index >= 15 is 0 Å². The molecule has 0 unspecified atom stereocenters. The highest BCUT2D eigenvalue weighted by Crippen LogP contribution is 2.32. The number of hydrogen-bond acceptors (Lipinski definition) is 3. The van der Waals surface area contributed by atoms with Crippen LogP contribution in [0.2, 0.25) is 0 Å². The molecule has 0 aromatic heterocycles. The Morgan fingerprint density at radius 3 is 2.62 bits per heavy atom. The summed E-state index contributed by atoms with van der Waals surface area (Å²) in [6.07, 6.45) is 1.42. The second-order valence-corrected chi connectivity index (χ2v) is 8.50. The number of fused-ring (bicyclic) bond motifs is 1. The minimum atomic E-state index is -3.74. The maximum Gasteiger partial charge on any atom is 0.243 e. The van der Waals surface area contributed by atoms with Gasteiger partial charge in [-0.1, -0.05) is 18.2 Å². The summed E-state index contributed by atoms with van der Waals surface area (Å²) >= 11 is 0. The van der Waals surface area contributed by atoms with Crippen LogP contribution in [0.1, 0.15) is 17.5 Å². The molecule has 26 heavy (non-hydrogen) atoms. The molecule has 7 heteroatoms. The predicted octanol–water partition coefficient (Wildman–Crippen LogP) is 2.73. The number of sulfonamides is 1. The Kier molecular flexibility index (Phi) is 5.11. The highest BCUT2D eigenvalue weighted by molar-refractivity contribution is 7.89. The largest absolute Gasteiger partial charge is 0.311 e. The number of benzene rings is 2. The van der Waals surface area contributed by atoms with Crippen molar-refractivity contribution in [3.8, 4) is 0 Å². The van der Waals surface area contributed by atoms with E-state index in [4.69, 9.17) is 0 Å². The van der Waals surface area contributed by atoms with E-state index in [2.05, 4.69) is 0 Å². The van der Waals surface area contributed by atoms with Gasteiger partial charge in [-0.2, -0.15) is 4.31 Å². The van der Waals surface area contributed by atoms with E-state index in [1.54, 1.807) is 30.0 Å². The van der Waals surface area contributed by atoms with Crippen LogP contribution in [0.15, 0.2) is 47.4 Å². The van der Waals surface area contributed by atoms with Crippen LogP contribution in [0.25, 0.3) is 0 Å². The van der Waals surface area contributed by atoms with Gasteiger partial charge in [-0.25, -0.2) is 12.8 Å². The number of rotatable bonds is 4. The van der Waals surface area contributed by atoms with Gasteiger partial charge in [0, 0.05) is 19.3 Å². The van der Waals surface area contributed by atoms with E-state index < -0.39 is 10.0 Å². The Morgan fingerprint density at radius 1 is 1.23 bits per heavy atom. The number of carbonyl (C=O) groups is 1. The average molecular weight is 376 g/mol. The summed E-state index contributed by atoms with van der Waals surface area (Å²) in [5.74, 6) is -0.637. The first kappa shape index (κ1) is 18.5. The van der Waals surface area contributed by atoms with Crippen LogP contribution < -0.4 is 4.90 Å². The summed E-state index contributed by atoms with van der Waals surface area (Å²) < 4.78 is 39.9. The number of anilines is 1. The second-order valence-electron chi connectivity index (χ2n) is 6.45. The Morgan fingerprint density at radius 2 is 1.92 bits per heavy atom. The molecule has 0 saturated carbocycles. The summed E-state index contributed by atoms with van der Waals surface area (Å²) in [5, 5.41) is 0. The molecule has 1 aliphatic rings. The summed E-state index contributed by atoms with van der Waals surface area (Å²) in [7, 11) is -2.35. The third-order valence-corrected chi connectivity index (χ3v) is 6.37. The number of likely N-dealkylation sites (N-methyl/N-ethyl adjacent to an activating group) is 1. The van der Waals surface area contributed by atoms with Gasteiger partial charge >= 0.3 is 0 Å².